The Hall–Kier alpha value is -4.14. The topological polar surface area (TPSA) is 86.8 Å². The monoisotopic (exact) mass is 659 g/mol. The molecule has 7 nitrogen and oxygen atoms in total. The summed E-state index contributed by atoms with van der Waals surface area (Å²) in [4.78, 5) is 30.0. The number of hydrogen-bond acceptors (Lipinski definition) is 4. The number of halogens is 1. The summed E-state index contributed by atoms with van der Waals surface area (Å²) in [5.41, 5.74) is 4.80. The van der Waals surface area contributed by atoms with Crippen LogP contribution in [0.3, 0.4) is 0 Å². The number of aryl methyl sites for hydroxylation is 3. The summed E-state index contributed by atoms with van der Waals surface area (Å²) in [7, 11) is -4.17. The molecule has 0 radical (unpaired) electrons. The smallest absolute Gasteiger partial charge is 0.264 e. The van der Waals surface area contributed by atoms with Gasteiger partial charge in [-0.25, -0.2) is 8.42 Å². The van der Waals surface area contributed by atoms with E-state index < -0.39 is 28.5 Å². The van der Waals surface area contributed by atoms with Gasteiger partial charge in [0.15, 0.2) is 0 Å². The first-order chi connectivity index (χ1) is 21.8. The lowest BCUT2D eigenvalue weighted by molar-refractivity contribution is -0.140. The van der Waals surface area contributed by atoms with Crippen LogP contribution in [-0.4, -0.2) is 44.3 Å². The third-order valence-electron chi connectivity index (χ3n) is 7.89. The van der Waals surface area contributed by atoms with Gasteiger partial charge in [-0.15, -0.1) is 0 Å². The van der Waals surface area contributed by atoms with Crippen LogP contribution < -0.4 is 9.62 Å². The number of benzene rings is 4. The number of anilines is 1. The Labute approximate surface area is 278 Å². The van der Waals surface area contributed by atoms with E-state index in [1.807, 2.05) is 71.0 Å². The number of amides is 2. The van der Waals surface area contributed by atoms with Crippen molar-refractivity contribution in [3.63, 3.8) is 0 Å². The fraction of sp³-hybridized carbons (Fsp3) is 0.297. The van der Waals surface area contributed by atoms with Gasteiger partial charge in [-0.05, 0) is 85.3 Å². The highest BCUT2D eigenvalue weighted by molar-refractivity contribution is 7.92. The zero-order valence-electron chi connectivity index (χ0n) is 27.0. The number of rotatable bonds is 13. The molecule has 1 atom stereocenters. The van der Waals surface area contributed by atoms with Gasteiger partial charge in [-0.3, -0.25) is 13.9 Å². The molecule has 0 bridgehead atoms. The molecule has 0 aliphatic heterocycles. The zero-order chi connectivity index (χ0) is 33.4. The van der Waals surface area contributed by atoms with E-state index in [0.29, 0.717) is 17.3 Å². The van der Waals surface area contributed by atoms with Crippen LogP contribution in [0.1, 0.15) is 41.7 Å². The van der Waals surface area contributed by atoms with Crippen molar-refractivity contribution < 1.29 is 18.0 Å². The summed E-state index contributed by atoms with van der Waals surface area (Å²) >= 11 is 6.16. The average Bonchev–Trinajstić information content (AvgIpc) is 3.03. The van der Waals surface area contributed by atoms with Crippen molar-refractivity contribution in [3.8, 4) is 0 Å². The quantitative estimate of drug-likeness (QED) is 0.170. The molecule has 242 valence electrons. The van der Waals surface area contributed by atoms with Crippen LogP contribution in [0.2, 0.25) is 5.02 Å². The maximum absolute atomic E-state index is 14.6. The van der Waals surface area contributed by atoms with Crippen molar-refractivity contribution in [1.82, 2.24) is 10.2 Å². The molecule has 0 aliphatic rings. The molecule has 0 fully saturated rings. The molecular weight excluding hydrogens is 618 g/mol. The van der Waals surface area contributed by atoms with Crippen molar-refractivity contribution in [2.24, 2.45) is 5.92 Å². The number of nitrogens with one attached hydrogen (secondary N) is 1. The second kappa shape index (κ2) is 15.4. The maximum atomic E-state index is 14.6. The van der Waals surface area contributed by atoms with Crippen LogP contribution in [0.4, 0.5) is 5.69 Å². The van der Waals surface area contributed by atoms with Crippen molar-refractivity contribution in [2.45, 2.75) is 58.5 Å². The summed E-state index contributed by atoms with van der Waals surface area (Å²) in [6, 6.07) is 27.5. The minimum atomic E-state index is -4.17. The van der Waals surface area contributed by atoms with E-state index in [1.165, 1.54) is 4.90 Å². The lowest BCUT2D eigenvalue weighted by Crippen LogP contribution is -2.53. The molecule has 0 heterocycles. The molecule has 4 aromatic rings. The summed E-state index contributed by atoms with van der Waals surface area (Å²) in [5.74, 6) is -0.620. The third-order valence-corrected chi connectivity index (χ3v) is 9.93. The predicted octanol–water partition coefficient (Wildman–Crippen LogP) is 6.87. The molecule has 0 saturated heterocycles. The van der Waals surface area contributed by atoms with Gasteiger partial charge < -0.3 is 10.2 Å². The van der Waals surface area contributed by atoms with Crippen molar-refractivity contribution >= 4 is 39.1 Å². The molecule has 4 rings (SSSR count). The number of carbonyl (C=O) groups is 2. The highest BCUT2D eigenvalue weighted by atomic mass is 35.5. The third kappa shape index (κ3) is 8.98. The molecule has 0 aliphatic carbocycles. The van der Waals surface area contributed by atoms with Gasteiger partial charge in [-0.1, -0.05) is 91.7 Å². The van der Waals surface area contributed by atoms with E-state index in [-0.39, 0.29) is 29.7 Å². The Morgan fingerprint density at radius 1 is 0.804 bits per heavy atom. The first kappa shape index (κ1) is 34.7. The second-order valence-electron chi connectivity index (χ2n) is 12.1. The Morgan fingerprint density at radius 3 is 2.07 bits per heavy atom. The van der Waals surface area contributed by atoms with E-state index in [0.717, 1.165) is 32.1 Å². The maximum Gasteiger partial charge on any atom is 0.264 e. The average molecular weight is 660 g/mol. The summed E-state index contributed by atoms with van der Waals surface area (Å²) < 4.78 is 29.6. The molecule has 1 unspecified atom stereocenters. The van der Waals surface area contributed by atoms with Gasteiger partial charge in [0.2, 0.25) is 11.8 Å². The van der Waals surface area contributed by atoms with E-state index in [1.54, 1.807) is 60.7 Å². The lowest BCUT2D eigenvalue weighted by atomic mass is 10.0. The first-order valence-corrected chi connectivity index (χ1v) is 17.2. The van der Waals surface area contributed by atoms with Gasteiger partial charge in [0.25, 0.3) is 10.0 Å². The Bertz CT molecular complexity index is 1740. The molecule has 2 amide bonds. The molecule has 46 heavy (non-hydrogen) atoms. The van der Waals surface area contributed by atoms with Crippen LogP contribution in [0.5, 0.6) is 0 Å². The fourth-order valence-corrected chi connectivity index (χ4v) is 6.54. The molecule has 4 aromatic carbocycles. The van der Waals surface area contributed by atoms with Crippen LogP contribution in [0, 0.1) is 26.7 Å². The Kier molecular flexibility index (Phi) is 11.7. The normalized spacial score (nSPS) is 12.1. The summed E-state index contributed by atoms with van der Waals surface area (Å²) in [6.45, 7) is 9.74. The van der Waals surface area contributed by atoms with Crippen LogP contribution in [0.25, 0.3) is 0 Å². The number of sulfonamides is 1. The number of nitrogens with zero attached hydrogens (tertiary/aromatic N) is 2. The Balaban J connectivity index is 1.81. The summed E-state index contributed by atoms with van der Waals surface area (Å²) in [6.07, 6.45) is 0.248. The highest BCUT2D eigenvalue weighted by Gasteiger charge is 2.34. The molecule has 1 N–H and O–H groups in total. The number of hydrogen-bond donors (Lipinski definition) is 1. The minimum Gasteiger partial charge on any atom is -0.354 e. The van der Waals surface area contributed by atoms with Crippen LogP contribution >= 0.6 is 11.6 Å². The largest absolute Gasteiger partial charge is 0.354 e. The first-order valence-electron chi connectivity index (χ1n) is 15.4. The van der Waals surface area contributed by atoms with Crippen molar-refractivity contribution in [1.29, 1.82) is 0 Å². The molecule has 0 spiro atoms. The SMILES string of the molecule is Cc1ccc(S(=O)(=O)N(CC(=O)N(Cc2ccc(Cl)cc2)C(Cc2ccccc2)C(=O)NCC(C)C)c2ccc(C)c(C)c2)cc1. The fourth-order valence-electron chi connectivity index (χ4n) is 5.01. The minimum absolute atomic E-state index is 0.0730. The van der Waals surface area contributed by atoms with E-state index >= 15 is 0 Å². The van der Waals surface area contributed by atoms with Gasteiger partial charge >= 0.3 is 0 Å². The van der Waals surface area contributed by atoms with Crippen molar-refractivity contribution in [2.75, 3.05) is 17.4 Å². The van der Waals surface area contributed by atoms with Crippen LogP contribution in [-0.2, 0) is 32.6 Å². The molecule has 0 aromatic heterocycles. The predicted molar refractivity (Wildman–Crippen MR) is 185 cm³/mol. The molecule has 9 heteroatoms. The number of carbonyl (C=O) groups excluding carboxylic acids is 2. The highest BCUT2D eigenvalue weighted by Crippen LogP contribution is 2.27. The molecular formula is C37H42ClN3O4S. The van der Waals surface area contributed by atoms with Gasteiger partial charge in [0.05, 0.1) is 10.6 Å². The van der Waals surface area contributed by atoms with E-state index in [2.05, 4.69) is 5.32 Å². The lowest BCUT2D eigenvalue weighted by Gasteiger charge is -2.34. The van der Waals surface area contributed by atoms with E-state index in [4.69, 9.17) is 11.6 Å². The van der Waals surface area contributed by atoms with Gasteiger partial charge in [0, 0.05) is 24.5 Å². The molecule has 0 saturated carbocycles. The van der Waals surface area contributed by atoms with E-state index in [9.17, 15) is 18.0 Å². The zero-order valence-corrected chi connectivity index (χ0v) is 28.6. The second-order valence-corrected chi connectivity index (χ2v) is 14.4. The summed E-state index contributed by atoms with van der Waals surface area (Å²) in [5, 5.41) is 3.55. The van der Waals surface area contributed by atoms with Gasteiger partial charge in [0.1, 0.15) is 12.6 Å². The standard InChI is InChI=1S/C37H42ClN3O4S/c1-26(2)23-39-37(43)35(22-30-9-7-6-8-10-30)40(24-31-14-16-32(38)17-15-31)36(42)25-41(33-18-13-28(4)29(5)21-33)46(44,45)34-19-11-27(3)12-20-34/h6-21,26,35H,22-25H2,1-5H3,(H,39,43). The van der Waals surface area contributed by atoms with Crippen molar-refractivity contribution in [3.05, 3.63) is 130 Å². The Morgan fingerprint density at radius 2 is 1.46 bits per heavy atom. The van der Waals surface area contributed by atoms with Crippen LogP contribution in [0.15, 0.2) is 102 Å². The van der Waals surface area contributed by atoms with Gasteiger partial charge in [-0.2, -0.15) is 0 Å².